The number of nitrogens with zero attached hydrogens (tertiary/aromatic N) is 3. The second kappa shape index (κ2) is 6.32. The van der Waals surface area contributed by atoms with Crippen molar-refractivity contribution in [2.75, 3.05) is 5.73 Å². The van der Waals surface area contributed by atoms with Crippen molar-refractivity contribution in [2.24, 2.45) is 0 Å². The van der Waals surface area contributed by atoms with Crippen LogP contribution in [0.1, 0.15) is 48.9 Å². The van der Waals surface area contributed by atoms with E-state index in [1.165, 1.54) is 0 Å². The Hall–Kier alpha value is -2.17. The van der Waals surface area contributed by atoms with E-state index in [1.54, 1.807) is 18.3 Å². The first kappa shape index (κ1) is 14.2. The monoisotopic (exact) mass is 272 g/mol. The van der Waals surface area contributed by atoms with Gasteiger partial charge in [-0.25, -0.2) is 0 Å². The average Bonchev–Trinajstić information content (AvgIpc) is 2.89. The summed E-state index contributed by atoms with van der Waals surface area (Å²) >= 11 is 0. The second-order valence-electron chi connectivity index (χ2n) is 4.80. The number of Topliss-reactive ketones (excluding diaryl/α,β-unsaturated/α-hetero) is 1. The molecule has 0 atom stereocenters. The summed E-state index contributed by atoms with van der Waals surface area (Å²) < 4.78 is 1.93. The maximum Gasteiger partial charge on any atom is 0.189 e. The Morgan fingerprint density at radius 2 is 2.10 bits per heavy atom. The van der Waals surface area contributed by atoms with Gasteiger partial charge in [0.25, 0.3) is 0 Å². The lowest BCUT2D eigenvalue weighted by molar-refractivity contribution is 0.0988. The van der Waals surface area contributed by atoms with Gasteiger partial charge in [-0.15, -0.1) is 0 Å². The first-order chi connectivity index (χ1) is 9.65. The fourth-order valence-electron chi connectivity index (χ4n) is 2.24. The molecule has 20 heavy (non-hydrogen) atoms. The van der Waals surface area contributed by atoms with Gasteiger partial charge in [0, 0.05) is 12.4 Å². The third-order valence-corrected chi connectivity index (χ3v) is 3.42. The average molecular weight is 272 g/mol. The number of aromatic nitrogens is 3. The number of ketones is 1. The Kier molecular flexibility index (Phi) is 4.50. The minimum absolute atomic E-state index is 0.0992. The van der Waals surface area contributed by atoms with E-state index in [2.05, 4.69) is 23.9 Å². The molecule has 0 radical (unpaired) electrons. The van der Waals surface area contributed by atoms with Crippen LogP contribution in [0.4, 0.5) is 5.69 Å². The van der Waals surface area contributed by atoms with Crippen molar-refractivity contribution >= 4 is 11.5 Å². The van der Waals surface area contributed by atoms with Crippen LogP contribution in [0.15, 0.2) is 30.6 Å². The Morgan fingerprint density at radius 1 is 1.35 bits per heavy atom. The van der Waals surface area contributed by atoms with E-state index in [4.69, 9.17) is 5.73 Å². The minimum Gasteiger partial charge on any atom is -0.397 e. The summed E-state index contributed by atoms with van der Waals surface area (Å²) in [6.45, 7) is 4.27. The van der Waals surface area contributed by atoms with Gasteiger partial charge in [-0.2, -0.15) is 5.10 Å². The molecule has 0 bridgehead atoms. The molecule has 0 aliphatic heterocycles. The third-order valence-electron chi connectivity index (χ3n) is 3.42. The third kappa shape index (κ3) is 3.04. The summed E-state index contributed by atoms with van der Waals surface area (Å²) in [5.41, 5.74) is 7.26. The van der Waals surface area contributed by atoms with Crippen LogP contribution in [0.25, 0.3) is 0 Å². The van der Waals surface area contributed by atoms with Crippen LogP contribution >= 0.6 is 0 Å². The number of hydrogen-bond acceptors (Lipinski definition) is 4. The van der Waals surface area contributed by atoms with Crippen LogP contribution in [0.3, 0.4) is 0 Å². The van der Waals surface area contributed by atoms with Gasteiger partial charge in [0.2, 0.25) is 0 Å². The molecule has 2 rings (SSSR count). The highest BCUT2D eigenvalue weighted by molar-refractivity contribution is 5.99. The quantitative estimate of drug-likeness (QED) is 0.820. The van der Waals surface area contributed by atoms with E-state index >= 15 is 0 Å². The molecule has 2 aromatic rings. The molecule has 0 aliphatic rings. The molecular weight excluding hydrogens is 252 g/mol. The number of rotatable bonds is 6. The molecule has 0 saturated carbocycles. The predicted molar refractivity (Wildman–Crippen MR) is 78.5 cm³/mol. The maximum atomic E-state index is 12.2. The highest BCUT2D eigenvalue weighted by Crippen LogP contribution is 2.16. The minimum atomic E-state index is -0.0992. The second-order valence-corrected chi connectivity index (χ2v) is 4.80. The van der Waals surface area contributed by atoms with Crippen LogP contribution in [-0.2, 0) is 6.42 Å². The number of pyridine rings is 1. The van der Waals surface area contributed by atoms with Gasteiger partial charge in [-0.05, 0) is 31.0 Å². The van der Waals surface area contributed by atoms with Crippen molar-refractivity contribution in [1.29, 1.82) is 0 Å². The van der Waals surface area contributed by atoms with Crippen LogP contribution < -0.4 is 5.73 Å². The Labute approximate surface area is 118 Å². The molecule has 2 aromatic heterocycles. The Morgan fingerprint density at radius 3 is 2.75 bits per heavy atom. The SMILES string of the molecule is CCC(CC)n1ccc(CC(=O)c2ncccc2N)n1. The summed E-state index contributed by atoms with van der Waals surface area (Å²) in [6.07, 6.45) is 5.79. The van der Waals surface area contributed by atoms with Gasteiger partial charge < -0.3 is 5.73 Å². The first-order valence-corrected chi connectivity index (χ1v) is 6.93. The molecule has 106 valence electrons. The number of carbonyl (C=O) groups is 1. The van der Waals surface area contributed by atoms with E-state index in [9.17, 15) is 4.79 Å². The molecule has 0 aliphatic carbocycles. The lowest BCUT2D eigenvalue weighted by Gasteiger charge is -2.12. The zero-order valence-corrected chi connectivity index (χ0v) is 11.9. The molecular formula is C15H20N4O. The highest BCUT2D eigenvalue weighted by atomic mass is 16.1. The molecule has 2 N–H and O–H groups in total. The van der Waals surface area contributed by atoms with Gasteiger partial charge >= 0.3 is 0 Å². The van der Waals surface area contributed by atoms with Crippen molar-refractivity contribution in [3.05, 3.63) is 42.0 Å². The van der Waals surface area contributed by atoms with Gasteiger partial charge in [0.1, 0.15) is 5.69 Å². The Bertz CT molecular complexity index is 587. The van der Waals surface area contributed by atoms with E-state index < -0.39 is 0 Å². The molecule has 0 unspecified atom stereocenters. The molecule has 2 heterocycles. The summed E-state index contributed by atoms with van der Waals surface area (Å²) in [4.78, 5) is 16.2. The van der Waals surface area contributed by atoms with Gasteiger partial charge in [0.05, 0.1) is 23.8 Å². The van der Waals surface area contributed by atoms with Crippen molar-refractivity contribution < 1.29 is 4.79 Å². The maximum absolute atomic E-state index is 12.2. The molecule has 0 saturated heterocycles. The summed E-state index contributed by atoms with van der Waals surface area (Å²) in [5, 5.41) is 4.47. The van der Waals surface area contributed by atoms with Crippen molar-refractivity contribution in [3.8, 4) is 0 Å². The largest absolute Gasteiger partial charge is 0.397 e. The number of carbonyl (C=O) groups excluding carboxylic acids is 1. The van der Waals surface area contributed by atoms with Gasteiger partial charge in [-0.1, -0.05) is 13.8 Å². The van der Waals surface area contributed by atoms with Gasteiger partial charge in [0.15, 0.2) is 5.78 Å². The fourth-order valence-corrected chi connectivity index (χ4v) is 2.24. The number of hydrogen-bond donors (Lipinski definition) is 1. The zero-order chi connectivity index (χ0) is 14.5. The number of anilines is 1. The van der Waals surface area contributed by atoms with Crippen molar-refractivity contribution in [1.82, 2.24) is 14.8 Å². The standard InChI is InChI=1S/C15H20N4O/c1-3-12(4-2)19-9-7-11(18-19)10-14(20)15-13(16)6-5-8-17-15/h5-9,12H,3-4,10,16H2,1-2H3. The summed E-state index contributed by atoms with van der Waals surface area (Å²) in [6, 6.07) is 5.67. The summed E-state index contributed by atoms with van der Waals surface area (Å²) in [5.74, 6) is -0.0992. The molecule has 0 amide bonds. The molecule has 0 spiro atoms. The summed E-state index contributed by atoms with van der Waals surface area (Å²) in [7, 11) is 0. The Balaban J connectivity index is 2.11. The smallest absolute Gasteiger partial charge is 0.189 e. The number of nitrogens with two attached hydrogens (primary N) is 1. The normalized spacial score (nSPS) is 10.9. The molecule has 5 heteroatoms. The van der Waals surface area contributed by atoms with E-state index in [0.29, 0.717) is 17.4 Å². The first-order valence-electron chi connectivity index (χ1n) is 6.93. The lowest BCUT2D eigenvalue weighted by Crippen LogP contribution is -2.11. The van der Waals surface area contributed by atoms with Crippen molar-refractivity contribution in [3.63, 3.8) is 0 Å². The van der Waals surface area contributed by atoms with Crippen LogP contribution in [-0.4, -0.2) is 20.5 Å². The fraction of sp³-hybridized carbons (Fsp3) is 0.400. The van der Waals surface area contributed by atoms with Gasteiger partial charge in [-0.3, -0.25) is 14.5 Å². The van der Waals surface area contributed by atoms with Crippen LogP contribution in [0, 0.1) is 0 Å². The van der Waals surface area contributed by atoms with Crippen LogP contribution in [0.5, 0.6) is 0 Å². The predicted octanol–water partition coefficient (Wildman–Crippen LogP) is 2.65. The topological polar surface area (TPSA) is 73.8 Å². The molecule has 5 nitrogen and oxygen atoms in total. The van der Waals surface area contributed by atoms with Crippen LogP contribution in [0.2, 0.25) is 0 Å². The van der Waals surface area contributed by atoms with E-state index in [-0.39, 0.29) is 12.2 Å². The van der Waals surface area contributed by atoms with E-state index in [1.807, 2.05) is 16.9 Å². The molecule has 0 aromatic carbocycles. The highest BCUT2D eigenvalue weighted by Gasteiger charge is 2.14. The number of nitrogen functional groups attached to an aromatic ring is 1. The lowest BCUT2D eigenvalue weighted by atomic mass is 10.1. The zero-order valence-electron chi connectivity index (χ0n) is 11.9. The van der Waals surface area contributed by atoms with Crippen molar-refractivity contribution in [2.45, 2.75) is 39.2 Å². The van der Waals surface area contributed by atoms with E-state index in [0.717, 1.165) is 18.5 Å². The molecule has 0 fully saturated rings.